The molecule has 0 atom stereocenters. The van der Waals surface area contributed by atoms with Gasteiger partial charge in [-0.15, -0.1) is 0 Å². The van der Waals surface area contributed by atoms with E-state index in [0.717, 1.165) is 32.3 Å². The maximum Gasteiger partial charge on any atom is 0.0902 e. The highest BCUT2D eigenvalue weighted by molar-refractivity contribution is 4.90. The lowest BCUT2D eigenvalue weighted by Crippen LogP contribution is -2.59. The predicted molar refractivity (Wildman–Crippen MR) is 70.4 cm³/mol. The average Bonchev–Trinajstić information content (AvgIpc) is 2.27. The van der Waals surface area contributed by atoms with Crippen molar-refractivity contribution in [2.24, 2.45) is 0 Å². The highest BCUT2D eigenvalue weighted by Crippen LogP contribution is 2.16. The van der Waals surface area contributed by atoms with Crippen molar-refractivity contribution in [1.82, 2.24) is 15.1 Å². The van der Waals surface area contributed by atoms with Crippen LogP contribution in [0.3, 0.4) is 0 Å². The Morgan fingerprint density at radius 1 is 1.29 bits per heavy atom. The highest BCUT2D eigenvalue weighted by Gasteiger charge is 2.32. The van der Waals surface area contributed by atoms with Gasteiger partial charge in [0.25, 0.3) is 0 Å². The molecule has 4 nitrogen and oxygen atoms in total. The molecule has 0 amide bonds. The van der Waals surface area contributed by atoms with Gasteiger partial charge in [-0.3, -0.25) is 0 Å². The number of likely N-dealkylation sites (tertiary alicyclic amines) is 1. The van der Waals surface area contributed by atoms with E-state index in [0.29, 0.717) is 0 Å². The van der Waals surface area contributed by atoms with E-state index in [1.54, 1.807) is 0 Å². The maximum absolute atomic E-state index is 5.93. The Labute approximate surface area is 105 Å². The molecule has 2 heterocycles. The van der Waals surface area contributed by atoms with E-state index in [9.17, 15) is 0 Å². The lowest BCUT2D eigenvalue weighted by Gasteiger charge is -2.40. The van der Waals surface area contributed by atoms with E-state index in [2.05, 4.69) is 36.1 Å². The Hall–Kier alpha value is -0.160. The summed E-state index contributed by atoms with van der Waals surface area (Å²) in [6.07, 6.45) is 2.59. The van der Waals surface area contributed by atoms with Gasteiger partial charge in [0.15, 0.2) is 0 Å². The number of hydrogen-bond acceptors (Lipinski definition) is 4. The molecule has 4 heteroatoms. The third-order valence-corrected chi connectivity index (χ3v) is 4.14. The standard InChI is InChI=1S/C13H27N3O/c1-13(10-14-11-13)17-9-8-16-6-4-12(5-7-16)15(2)3/h12,14H,4-11H2,1-3H3. The summed E-state index contributed by atoms with van der Waals surface area (Å²) in [7, 11) is 4.38. The molecule has 2 aliphatic rings. The minimum absolute atomic E-state index is 0.113. The van der Waals surface area contributed by atoms with Gasteiger partial charge < -0.3 is 19.9 Å². The zero-order valence-electron chi connectivity index (χ0n) is 11.5. The molecule has 2 saturated heterocycles. The normalized spacial score (nSPS) is 26.1. The van der Waals surface area contributed by atoms with E-state index in [-0.39, 0.29) is 5.60 Å². The molecule has 0 aromatic rings. The fourth-order valence-electron chi connectivity index (χ4n) is 2.66. The van der Waals surface area contributed by atoms with Crippen molar-refractivity contribution in [1.29, 1.82) is 0 Å². The van der Waals surface area contributed by atoms with Crippen molar-refractivity contribution in [3.05, 3.63) is 0 Å². The van der Waals surface area contributed by atoms with Crippen molar-refractivity contribution in [2.75, 3.05) is 53.4 Å². The lowest BCUT2D eigenvalue weighted by atomic mass is 10.0. The molecule has 0 bridgehead atoms. The third-order valence-electron chi connectivity index (χ3n) is 4.14. The van der Waals surface area contributed by atoms with Crippen LogP contribution in [-0.4, -0.2) is 74.9 Å². The summed E-state index contributed by atoms with van der Waals surface area (Å²) in [5, 5.41) is 3.26. The summed E-state index contributed by atoms with van der Waals surface area (Å²) in [4.78, 5) is 4.89. The minimum atomic E-state index is 0.113. The summed E-state index contributed by atoms with van der Waals surface area (Å²) >= 11 is 0. The minimum Gasteiger partial charge on any atom is -0.371 e. The van der Waals surface area contributed by atoms with E-state index in [1.807, 2.05) is 0 Å². The number of rotatable bonds is 5. The van der Waals surface area contributed by atoms with Crippen LogP contribution in [0.5, 0.6) is 0 Å². The molecule has 2 fully saturated rings. The van der Waals surface area contributed by atoms with Crippen molar-refractivity contribution in [3.63, 3.8) is 0 Å². The summed E-state index contributed by atoms with van der Waals surface area (Å²) < 4.78 is 5.93. The first-order valence-corrected chi connectivity index (χ1v) is 6.82. The Kier molecular flexibility index (Phi) is 4.42. The predicted octanol–water partition coefficient (Wildman–Crippen LogP) is 0.391. The molecule has 100 valence electrons. The smallest absolute Gasteiger partial charge is 0.0902 e. The van der Waals surface area contributed by atoms with E-state index >= 15 is 0 Å². The van der Waals surface area contributed by atoms with E-state index in [4.69, 9.17) is 4.74 Å². The monoisotopic (exact) mass is 241 g/mol. The Morgan fingerprint density at radius 3 is 2.41 bits per heavy atom. The molecule has 0 radical (unpaired) electrons. The molecular formula is C13H27N3O. The fourth-order valence-corrected chi connectivity index (χ4v) is 2.66. The third kappa shape index (κ3) is 3.65. The van der Waals surface area contributed by atoms with Crippen molar-refractivity contribution >= 4 is 0 Å². The van der Waals surface area contributed by atoms with Crippen LogP contribution in [0.2, 0.25) is 0 Å². The Balaban J connectivity index is 1.58. The second kappa shape index (κ2) is 5.65. The molecule has 1 N–H and O–H groups in total. The first-order valence-electron chi connectivity index (χ1n) is 6.82. The van der Waals surface area contributed by atoms with Gasteiger partial charge in [0.1, 0.15) is 0 Å². The van der Waals surface area contributed by atoms with Crippen LogP contribution in [0.15, 0.2) is 0 Å². The van der Waals surface area contributed by atoms with Crippen LogP contribution >= 0.6 is 0 Å². The number of piperidine rings is 1. The van der Waals surface area contributed by atoms with Crippen LogP contribution in [0.1, 0.15) is 19.8 Å². The van der Waals surface area contributed by atoms with Crippen molar-refractivity contribution in [3.8, 4) is 0 Å². The molecule has 0 unspecified atom stereocenters. The van der Waals surface area contributed by atoms with Crippen molar-refractivity contribution in [2.45, 2.75) is 31.4 Å². The maximum atomic E-state index is 5.93. The van der Waals surface area contributed by atoms with Crippen LogP contribution in [0.25, 0.3) is 0 Å². The molecule has 0 aromatic heterocycles. The molecule has 0 aromatic carbocycles. The first-order chi connectivity index (χ1) is 8.09. The summed E-state index contributed by atoms with van der Waals surface area (Å²) in [5.41, 5.74) is 0.113. The zero-order valence-corrected chi connectivity index (χ0v) is 11.5. The summed E-state index contributed by atoms with van der Waals surface area (Å²) in [6.45, 7) is 8.63. The molecule has 0 spiro atoms. The molecule has 17 heavy (non-hydrogen) atoms. The molecule has 2 rings (SSSR count). The van der Waals surface area contributed by atoms with E-state index < -0.39 is 0 Å². The van der Waals surface area contributed by atoms with Gasteiger partial charge in [0.05, 0.1) is 12.2 Å². The van der Waals surface area contributed by atoms with Crippen LogP contribution < -0.4 is 5.32 Å². The molecule has 2 aliphatic heterocycles. The number of nitrogens with one attached hydrogen (secondary N) is 1. The number of hydrogen-bond donors (Lipinski definition) is 1. The molecule has 0 aliphatic carbocycles. The van der Waals surface area contributed by atoms with Gasteiger partial charge in [-0.2, -0.15) is 0 Å². The Morgan fingerprint density at radius 2 is 1.94 bits per heavy atom. The average molecular weight is 241 g/mol. The lowest BCUT2D eigenvalue weighted by molar-refractivity contribution is -0.0736. The molecular weight excluding hydrogens is 214 g/mol. The zero-order chi connectivity index (χ0) is 12.3. The number of ether oxygens (including phenoxy) is 1. The quantitative estimate of drug-likeness (QED) is 0.754. The fraction of sp³-hybridized carbons (Fsp3) is 1.00. The van der Waals surface area contributed by atoms with Gasteiger partial charge in [-0.25, -0.2) is 0 Å². The first kappa shape index (κ1) is 13.3. The summed E-state index contributed by atoms with van der Waals surface area (Å²) in [6, 6.07) is 0.778. The van der Waals surface area contributed by atoms with Crippen molar-refractivity contribution < 1.29 is 4.74 Å². The molecule has 0 saturated carbocycles. The largest absolute Gasteiger partial charge is 0.371 e. The second-order valence-electron chi connectivity index (χ2n) is 5.94. The van der Waals surface area contributed by atoms with Crippen LogP contribution in [0, 0.1) is 0 Å². The van der Waals surface area contributed by atoms with Gasteiger partial charge in [-0.1, -0.05) is 0 Å². The Bertz CT molecular complexity index is 233. The summed E-state index contributed by atoms with van der Waals surface area (Å²) in [5.74, 6) is 0. The number of nitrogens with zero attached hydrogens (tertiary/aromatic N) is 2. The van der Waals surface area contributed by atoms with Crippen LogP contribution in [0.4, 0.5) is 0 Å². The van der Waals surface area contributed by atoms with E-state index in [1.165, 1.54) is 25.9 Å². The SMILES string of the molecule is CN(C)C1CCN(CCOC2(C)CNC2)CC1. The second-order valence-corrected chi connectivity index (χ2v) is 5.94. The van der Waals surface area contributed by atoms with Gasteiger partial charge in [0.2, 0.25) is 0 Å². The van der Waals surface area contributed by atoms with Crippen LogP contribution in [-0.2, 0) is 4.74 Å². The van der Waals surface area contributed by atoms with Gasteiger partial charge in [-0.05, 0) is 47.0 Å². The van der Waals surface area contributed by atoms with Gasteiger partial charge in [0, 0.05) is 25.7 Å². The van der Waals surface area contributed by atoms with Gasteiger partial charge >= 0.3 is 0 Å². The highest BCUT2D eigenvalue weighted by atomic mass is 16.5. The topological polar surface area (TPSA) is 27.7 Å².